The fourth-order valence-corrected chi connectivity index (χ4v) is 5.00. The third-order valence-electron chi connectivity index (χ3n) is 7.36. The van der Waals surface area contributed by atoms with Crippen molar-refractivity contribution >= 4 is 23.2 Å². The Kier molecular flexibility index (Phi) is 8.72. The SMILES string of the molecule is C#CCN1CCN(CC#Cc2ccc3c(c2)N(C)C(=O)[C@@H](NC(=O)c2n[nH]c(Cc4cccc(N)c4)n2)[C@@H](C)O3)CC1. The van der Waals surface area contributed by atoms with E-state index in [1.807, 2.05) is 30.3 Å². The second kappa shape index (κ2) is 12.8. The first-order valence-corrected chi connectivity index (χ1v) is 13.8. The molecule has 0 saturated carbocycles. The molecule has 3 heterocycles. The molecule has 1 fully saturated rings. The highest BCUT2D eigenvalue weighted by Crippen LogP contribution is 2.33. The summed E-state index contributed by atoms with van der Waals surface area (Å²) in [5.41, 5.74) is 8.77. The Balaban J connectivity index is 1.22. The third kappa shape index (κ3) is 6.72. The molecule has 0 spiro atoms. The fourth-order valence-electron chi connectivity index (χ4n) is 5.00. The van der Waals surface area contributed by atoms with E-state index in [0.717, 1.165) is 37.3 Å². The molecular formula is C31H34N8O3. The highest BCUT2D eigenvalue weighted by Gasteiger charge is 2.36. The summed E-state index contributed by atoms with van der Waals surface area (Å²) in [6.07, 6.45) is 5.21. The minimum Gasteiger partial charge on any atom is -0.486 e. The zero-order valence-corrected chi connectivity index (χ0v) is 23.8. The quantitative estimate of drug-likeness (QED) is 0.299. The van der Waals surface area contributed by atoms with Crippen LogP contribution in [-0.2, 0) is 11.2 Å². The van der Waals surface area contributed by atoms with E-state index in [4.69, 9.17) is 16.9 Å². The van der Waals surface area contributed by atoms with E-state index in [1.54, 1.807) is 26.1 Å². The molecule has 3 aromatic rings. The molecule has 1 aromatic heterocycles. The Morgan fingerprint density at radius 1 is 1.17 bits per heavy atom. The van der Waals surface area contributed by atoms with Crippen LogP contribution in [0.1, 0.15) is 34.5 Å². The van der Waals surface area contributed by atoms with Crippen LogP contribution >= 0.6 is 0 Å². The molecule has 2 amide bonds. The number of piperazine rings is 1. The first-order chi connectivity index (χ1) is 20.3. The van der Waals surface area contributed by atoms with E-state index in [-0.39, 0.29) is 11.7 Å². The maximum absolute atomic E-state index is 13.5. The van der Waals surface area contributed by atoms with Gasteiger partial charge >= 0.3 is 0 Å². The number of fused-ring (bicyclic) bond motifs is 1. The number of rotatable bonds is 6. The Labute approximate surface area is 245 Å². The van der Waals surface area contributed by atoms with Gasteiger partial charge in [0.1, 0.15) is 23.7 Å². The van der Waals surface area contributed by atoms with Crippen molar-refractivity contribution in [3.63, 3.8) is 0 Å². The van der Waals surface area contributed by atoms with Crippen LogP contribution in [0.5, 0.6) is 5.75 Å². The summed E-state index contributed by atoms with van der Waals surface area (Å²) in [7, 11) is 1.66. The minimum atomic E-state index is -0.951. The number of likely N-dealkylation sites (N-methyl/N-ethyl adjacent to an activating group) is 1. The summed E-state index contributed by atoms with van der Waals surface area (Å²) in [4.78, 5) is 36.9. The maximum atomic E-state index is 13.5. The second-order valence-corrected chi connectivity index (χ2v) is 10.4. The van der Waals surface area contributed by atoms with Gasteiger partial charge in [-0.15, -0.1) is 11.5 Å². The molecule has 2 atom stereocenters. The molecule has 2 aliphatic rings. The number of nitrogens with two attached hydrogens (primary N) is 1. The molecule has 1 saturated heterocycles. The van der Waals surface area contributed by atoms with E-state index in [1.165, 1.54) is 4.90 Å². The van der Waals surface area contributed by atoms with Crippen LogP contribution in [0.3, 0.4) is 0 Å². The molecule has 2 aliphatic heterocycles. The number of carbonyl (C=O) groups is 2. The van der Waals surface area contributed by atoms with E-state index >= 15 is 0 Å². The van der Waals surface area contributed by atoms with E-state index < -0.39 is 18.1 Å². The summed E-state index contributed by atoms with van der Waals surface area (Å²) in [5.74, 6) is 9.22. The van der Waals surface area contributed by atoms with Crippen molar-refractivity contribution in [2.24, 2.45) is 0 Å². The smallest absolute Gasteiger partial charge is 0.291 e. The van der Waals surface area contributed by atoms with Crippen molar-refractivity contribution in [2.45, 2.75) is 25.5 Å². The van der Waals surface area contributed by atoms with Gasteiger partial charge in [-0.2, -0.15) is 0 Å². The summed E-state index contributed by atoms with van der Waals surface area (Å²) in [6.45, 7) is 6.79. The zero-order valence-electron chi connectivity index (χ0n) is 23.8. The third-order valence-corrected chi connectivity index (χ3v) is 7.36. The van der Waals surface area contributed by atoms with Gasteiger partial charge in [-0.3, -0.25) is 24.5 Å². The number of nitrogens with zero attached hydrogens (tertiary/aromatic N) is 5. The second-order valence-electron chi connectivity index (χ2n) is 10.4. The monoisotopic (exact) mass is 566 g/mol. The molecule has 0 unspecified atom stereocenters. The van der Waals surface area contributed by atoms with Crippen LogP contribution in [0.25, 0.3) is 0 Å². The number of anilines is 2. The van der Waals surface area contributed by atoms with Gasteiger partial charge in [-0.05, 0) is 42.8 Å². The van der Waals surface area contributed by atoms with Gasteiger partial charge in [0.15, 0.2) is 0 Å². The Morgan fingerprint density at radius 2 is 1.93 bits per heavy atom. The van der Waals surface area contributed by atoms with Gasteiger partial charge in [-0.25, -0.2) is 4.98 Å². The van der Waals surface area contributed by atoms with Crippen molar-refractivity contribution in [3.8, 4) is 29.9 Å². The van der Waals surface area contributed by atoms with E-state index in [2.05, 4.69) is 48.1 Å². The predicted octanol–water partition coefficient (Wildman–Crippen LogP) is 1.12. The van der Waals surface area contributed by atoms with Crippen LogP contribution in [0.4, 0.5) is 11.4 Å². The molecule has 0 radical (unpaired) electrons. The van der Waals surface area contributed by atoms with Crippen LogP contribution in [0.15, 0.2) is 42.5 Å². The molecule has 5 rings (SSSR count). The number of amides is 2. The highest BCUT2D eigenvalue weighted by molar-refractivity contribution is 6.02. The Bertz CT molecular complexity index is 1560. The summed E-state index contributed by atoms with van der Waals surface area (Å²) >= 11 is 0. The normalized spacial score (nSPS) is 19.1. The van der Waals surface area contributed by atoms with Gasteiger partial charge in [0, 0.05) is 50.9 Å². The van der Waals surface area contributed by atoms with Gasteiger partial charge in [-0.1, -0.05) is 29.9 Å². The van der Waals surface area contributed by atoms with Gasteiger partial charge in [0.25, 0.3) is 11.8 Å². The van der Waals surface area contributed by atoms with Gasteiger partial charge in [0.2, 0.25) is 5.82 Å². The first-order valence-electron chi connectivity index (χ1n) is 13.8. The summed E-state index contributed by atoms with van der Waals surface area (Å²) in [5, 5.41) is 9.58. The summed E-state index contributed by atoms with van der Waals surface area (Å²) in [6, 6.07) is 12.0. The van der Waals surface area contributed by atoms with Crippen molar-refractivity contribution in [3.05, 3.63) is 65.2 Å². The lowest BCUT2D eigenvalue weighted by molar-refractivity contribution is -0.121. The molecule has 0 aliphatic carbocycles. The number of carbonyl (C=O) groups excluding carboxylic acids is 2. The number of H-pyrrole nitrogens is 1. The molecule has 2 aromatic carbocycles. The van der Waals surface area contributed by atoms with Crippen LogP contribution < -0.4 is 20.7 Å². The number of ether oxygens (including phenoxy) is 1. The van der Waals surface area contributed by atoms with Crippen LogP contribution in [0.2, 0.25) is 0 Å². The molecule has 0 bridgehead atoms. The van der Waals surface area contributed by atoms with Crippen molar-refractivity contribution in [1.29, 1.82) is 0 Å². The number of nitrogen functional groups attached to an aromatic ring is 1. The number of benzene rings is 2. The zero-order chi connectivity index (χ0) is 29.6. The largest absolute Gasteiger partial charge is 0.486 e. The average Bonchev–Trinajstić information content (AvgIpc) is 3.42. The highest BCUT2D eigenvalue weighted by atomic mass is 16.5. The lowest BCUT2D eigenvalue weighted by atomic mass is 10.1. The Hall–Kier alpha value is -4.84. The number of hydrogen-bond donors (Lipinski definition) is 3. The average molecular weight is 567 g/mol. The number of aromatic nitrogens is 3. The molecular weight excluding hydrogens is 532 g/mol. The number of terminal acetylenes is 1. The first kappa shape index (κ1) is 28.7. The molecule has 11 heteroatoms. The number of hydrogen-bond acceptors (Lipinski definition) is 8. The molecule has 4 N–H and O–H groups in total. The maximum Gasteiger partial charge on any atom is 0.291 e. The van der Waals surface area contributed by atoms with Crippen LogP contribution in [0, 0.1) is 24.2 Å². The molecule has 216 valence electrons. The lowest BCUT2D eigenvalue weighted by Gasteiger charge is -2.32. The van der Waals surface area contributed by atoms with E-state index in [0.29, 0.717) is 42.5 Å². The summed E-state index contributed by atoms with van der Waals surface area (Å²) < 4.78 is 6.11. The molecule has 42 heavy (non-hydrogen) atoms. The Morgan fingerprint density at radius 3 is 2.67 bits per heavy atom. The van der Waals surface area contributed by atoms with Gasteiger partial charge < -0.3 is 20.7 Å². The minimum absolute atomic E-state index is 0.0617. The number of nitrogens with one attached hydrogen (secondary N) is 2. The topological polar surface area (TPSA) is 133 Å². The standard InChI is InChI=1S/C31H34N8O3/c1-4-12-38-14-16-39(17-15-38)13-6-8-22-10-11-26-25(19-22)37(3)31(41)28(21(2)42-26)34-30(40)29-33-27(35-36-29)20-23-7-5-9-24(32)18-23/h1,5,7,9-11,18-19,21,28H,12-17,20,32H2,2-3H3,(H,34,40)(H,33,35,36)/t21-,28+/m1/s1. The van der Waals surface area contributed by atoms with Crippen molar-refractivity contribution in [2.75, 3.05) is 56.9 Å². The lowest BCUT2D eigenvalue weighted by Crippen LogP contribution is -2.53. The number of aromatic amines is 1. The molecule has 11 nitrogen and oxygen atoms in total. The fraction of sp³-hybridized carbons (Fsp3) is 0.355. The predicted molar refractivity (Wildman–Crippen MR) is 160 cm³/mol. The van der Waals surface area contributed by atoms with Crippen LogP contribution in [-0.4, -0.2) is 95.3 Å². The van der Waals surface area contributed by atoms with E-state index in [9.17, 15) is 9.59 Å². The van der Waals surface area contributed by atoms with Gasteiger partial charge in [0.05, 0.1) is 18.8 Å². The van der Waals surface area contributed by atoms with Crippen molar-refractivity contribution < 1.29 is 14.3 Å². The van der Waals surface area contributed by atoms with Crippen molar-refractivity contribution in [1.82, 2.24) is 30.3 Å².